The molecule has 0 radical (unpaired) electrons. The first-order chi connectivity index (χ1) is 11.3. The SMILES string of the molecule is CCc1cnc(CCNC(=NC)NCCCOC2CCCC2)s1. The van der Waals surface area contributed by atoms with E-state index in [2.05, 4.69) is 27.5 Å². The van der Waals surface area contributed by atoms with Crippen LogP contribution in [0.1, 0.15) is 48.9 Å². The molecule has 0 saturated heterocycles. The summed E-state index contributed by atoms with van der Waals surface area (Å²) in [6, 6.07) is 0. The number of aliphatic imine (C=N–C) groups is 1. The number of aryl methyl sites for hydroxylation is 1. The van der Waals surface area contributed by atoms with Crippen molar-refractivity contribution in [2.45, 2.75) is 58.0 Å². The van der Waals surface area contributed by atoms with Crippen LogP contribution < -0.4 is 10.6 Å². The van der Waals surface area contributed by atoms with E-state index in [1.807, 2.05) is 13.2 Å². The summed E-state index contributed by atoms with van der Waals surface area (Å²) in [5, 5.41) is 7.87. The third-order valence-corrected chi connectivity index (χ3v) is 5.28. The van der Waals surface area contributed by atoms with Gasteiger partial charge in [0.1, 0.15) is 0 Å². The first-order valence-corrected chi connectivity index (χ1v) is 9.63. The first-order valence-electron chi connectivity index (χ1n) is 8.81. The van der Waals surface area contributed by atoms with Crippen molar-refractivity contribution in [3.05, 3.63) is 16.1 Å². The number of hydrogen-bond donors (Lipinski definition) is 2. The number of nitrogens with zero attached hydrogens (tertiary/aromatic N) is 2. The van der Waals surface area contributed by atoms with E-state index in [4.69, 9.17) is 4.74 Å². The molecule has 2 N–H and O–H groups in total. The van der Waals surface area contributed by atoms with Crippen LogP contribution >= 0.6 is 11.3 Å². The molecule has 23 heavy (non-hydrogen) atoms. The fraction of sp³-hybridized carbons (Fsp3) is 0.765. The molecule has 130 valence electrons. The standard InChI is InChI=1S/C17H30N4OS/c1-3-15-13-21-16(23-15)9-11-20-17(18-2)19-10-6-12-22-14-7-4-5-8-14/h13-14H,3-12H2,1-2H3,(H2,18,19,20). The summed E-state index contributed by atoms with van der Waals surface area (Å²) in [5.41, 5.74) is 0. The number of rotatable bonds is 9. The van der Waals surface area contributed by atoms with Gasteiger partial charge in [0.15, 0.2) is 5.96 Å². The lowest BCUT2D eigenvalue weighted by molar-refractivity contribution is 0.0574. The summed E-state index contributed by atoms with van der Waals surface area (Å²) in [4.78, 5) is 10.0. The lowest BCUT2D eigenvalue weighted by Gasteiger charge is -2.13. The summed E-state index contributed by atoms with van der Waals surface area (Å²) in [6.07, 6.45) is 10.7. The maximum atomic E-state index is 5.86. The van der Waals surface area contributed by atoms with Gasteiger partial charge in [-0.3, -0.25) is 4.99 Å². The van der Waals surface area contributed by atoms with Crippen LogP contribution in [0, 0.1) is 0 Å². The lowest BCUT2D eigenvalue weighted by Crippen LogP contribution is -2.39. The molecular weight excluding hydrogens is 308 g/mol. The van der Waals surface area contributed by atoms with Crippen LogP contribution in [0.2, 0.25) is 0 Å². The minimum atomic E-state index is 0.513. The van der Waals surface area contributed by atoms with Gasteiger partial charge in [-0.15, -0.1) is 11.3 Å². The van der Waals surface area contributed by atoms with E-state index in [9.17, 15) is 0 Å². The van der Waals surface area contributed by atoms with Crippen molar-refractivity contribution in [1.29, 1.82) is 0 Å². The Labute approximate surface area is 144 Å². The van der Waals surface area contributed by atoms with E-state index in [1.165, 1.54) is 35.6 Å². The molecule has 0 amide bonds. The van der Waals surface area contributed by atoms with Crippen LogP contribution in [-0.4, -0.2) is 43.8 Å². The van der Waals surface area contributed by atoms with Gasteiger partial charge in [0.25, 0.3) is 0 Å². The van der Waals surface area contributed by atoms with E-state index in [0.29, 0.717) is 6.10 Å². The number of thiazole rings is 1. The van der Waals surface area contributed by atoms with E-state index in [-0.39, 0.29) is 0 Å². The fourth-order valence-corrected chi connectivity index (χ4v) is 3.58. The van der Waals surface area contributed by atoms with Crippen LogP contribution in [0.15, 0.2) is 11.2 Å². The molecule has 0 bridgehead atoms. The van der Waals surface area contributed by atoms with Crippen LogP contribution in [-0.2, 0) is 17.6 Å². The molecule has 5 nitrogen and oxygen atoms in total. The molecule has 0 spiro atoms. The molecule has 6 heteroatoms. The molecule has 1 saturated carbocycles. The molecule has 2 rings (SSSR count). The second kappa shape index (κ2) is 10.6. The van der Waals surface area contributed by atoms with Gasteiger partial charge in [0.2, 0.25) is 0 Å². The third-order valence-electron chi connectivity index (χ3n) is 4.07. The molecule has 1 aromatic rings. The quantitative estimate of drug-likeness (QED) is 0.413. The first kappa shape index (κ1) is 18.2. The minimum absolute atomic E-state index is 0.513. The van der Waals surface area contributed by atoms with Crippen molar-refractivity contribution < 1.29 is 4.74 Å². The third kappa shape index (κ3) is 6.87. The normalized spacial score (nSPS) is 16.0. The largest absolute Gasteiger partial charge is 0.378 e. The fourth-order valence-electron chi connectivity index (χ4n) is 2.72. The lowest BCUT2D eigenvalue weighted by atomic mass is 10.3. The van der Waals surface area contributed by atoms with Gasteiger partial charge < -0.3 is 15.4 Å². The van der Waals surface area contributed by atoms with Gasteiger partial charge in [-0.2, -0.15) is 0 Å². The van der Waals surface area contributed by atoms with Gasteiger partial charge >= 0.3 is 0 Å². The second-order valence-electron chi connectivity index (χ2n) is 5.88. The van der Waals surface area contributed by atoms with Crippen LogP contribution in [0.3, 0.4) is 0 Å². The minimum Gasteiger partial charge on any atom is -0.378 e. The average molecular weight is 339 g/mol. The molecule has 0 atom stereocenters. The van der Waals surface area contributed by atoms with E-state index >= 15 is 0 Å². The molecule has 1 aliphatic carbocycles. The Balaban J connectivity index is 1.52. The van der Waals surface area contributed by atoms with E-state index in [1.54, 1.807) is 11.3 Å². The molecule has 1 fully saturated rings. The Morgan fingerprint density at radius 3 is 2.83 bits per heavy atom. The van der Waals surface area contributed by atoms with Crippen molar-refractivity contribution in [2.75, 3.05) is 26.7 Å². The summed E-state index contributed by atoms with van der Waals surface area (Å²) in [5.74, 6) is 0.859. The van der Waals surface area contributed by atoms with Crippen molar-refractivity contribution in [3.8, 4) is 0 Å². The van der Waals surface area contributed by atoms with Crippen LogP contribution in [0.5, 0.6) is 0 Å². The van der Waals surface area contributed by atoms with Gasteiger partial charge in [0.05, 0.1) is 11.1 Å². The highest BCUT2D eigenvalue weighted by Gasteiger charge is 2.14. The molecular formula is C17H30N4OS. The molecule has 1 heterocycles. The Bertz CT molecular complexity index is 469. The highest BCUT2D eigenvalue weighted by atomic mass is 32.1. The number of nitrogens with one attached hydrogen (secondary N) is 2. The van der Waals surface area contributed by atoms with Crippen LogP contribution in [0.25, 0.3) is 0 Å². The van der Waals surface area contributed by atoms with Crippen LogP contribution in [0.4, 0.5) is 0 Å². The van der Waals surface area contributed by atoms with Gasteiger partial charge in [-0.1, -0.05) is 19.8 Å². The Kier molecular flexibility index (Phi) is 8.39. The van der Waals surface area contributed by atoms with Crippen molar-refractivity contribution >= 4 is 17.3 Å². The van der Waals surface area contributed by atoms with Crippen molar-refractivity contribution in [3.63, 3.8) is 0 Å². The zero-order chi connectivity index (χ0) is 16.3. The predicted octanol–water partition coefficient (Wildman–Crippen LogP) is 2.76. The van der Waals surface area contributed by atoms with Gasteiger partial charge in [0, 0.05) is 44.2 Å². The number of hydrogen-bond acceptors (Lipinski definition) is 4. The zero-order valence-corrected chi connectivity index (χ0v) is 15.3. The highest BCUT2D eigenvalue weighted by molar-refractivity contribution is 7.11. The Morgan fingerprint density at radius 2 is 2.13 bits per heavy atom. The molecule has 0 aromatic carbocycles. The molecule has 1 aromatic heterocycles. The number of ether oxygens (including phenoxy) is 1. The summed E-state index contributed by atoms with van der Waals surface area (Å²) < 4.78 is 5.86. The average Bonchev–Trinajstić information content (AvgIpc) is 3.24. The molecule has 0 unspecified atom stereocenters. The summed E-state index contributed by atoms with van der Waals surface area (Å²) >= 11 is 1.80. The topological polar surface area (TPSA) is 58.5 Å². The maximum absolute atomic E-state index is 5.86. The van der Waals surface area contributed by atoms with E-state index < -0.39 is 0 Å². The smallest absolute Gasteiger partial charge is 0.190 e. The zero-order valence-electron chi connectivity index (χ0n) is 14.4. The highest BCUT2D eigenvalue weighted by Crippen LogP contribution is 2.20. The molecule has 0 aliphatic heterocycles. The Morgan fingerprint density at radius 1 is 1.35 bits per heavy atom. The summed E-state index contributed by atoms with van der Waals surface area (Å²) in [6.45, 7) is 4.75. The van der Waals surface area contributed by atoms with Crippen molar-refractivity contribution in [1.82, 2.24) is 15.6 Å². The van der Waals surface area contributed by atoms with Gasteiger partial charge in [-0.25, -0.2) is 4.98 Å². The van der Waals surface area contributed by atoms with Gasteiger partial charge in [-0.05, 0) is 25.7 Å². The monoisotopic (exact) mass is 338 g/mol. The van der Waals surface area contributed by atoms with Crippen molar-refractivity contribution in [2.24, 2.45) is 4.99 Å². The number of guanidine groups is 1. The maximum Gasteiger partial charge on any atom is 0.190 e. The second-order valence-corrected chi connectivity index (χ2v) is 7.08. The number of aromatic nitrogens is 1. The van der Waals surface area contributed by atoms with E-state index in [0.717, 1.165) is 44.9 Å². The Hall–Kier alpha value is -1.14. The summed E-state index contributed by atoms with van der Waals surface area (Å²) in [7, 11) is 1.81. The predicted molar refractivity (Wildman–Crippen MR) is 97.4 cm³/mol. The molecule has 1 aliphatic rings.